The van der Waals surface area contributed by atoms with E-state index in [1.54, 1.807) is 6.07 Å². The van der Waals surface area contributed by atoms with E-state index in [-0.39, 0.29) is 0 Å². The van der Waals surface area contributed by atoms with Crippen LogP contribution in [-0.4, -0.2) is 16.1 Å². The van der Waals surface area contributed by atoms with Crippen molar-refractivity contribution < 1.29 is 9.90 Å². The zero-order chi connectivity index (χ0) is 14.3. The lowest BCUT2D eigenvalue weighted by Crippen LogP contribution is -2.04. The number of nitrogens with zero attached hydrogens (tertiary/aromatic N) is 1. The van der Waals surface area contributed by atoms with Gasteiger partial charge in [0.25, 0.3) is 0 Å². The molecular formula is C15H13Br2NO2. The summed E-state index contributed by atoms with van der Waals surface area (Å²) in [5.41, 5.74) is 1.98. The smallest absolute Gasteiger partial charge is 0.336 e. The van der Waals surface area contributed by atoms with E-state index >= 15 is 0 Å². The van der Waals surface area contributed by atoms with Crippen LogP contribution in [0.15, 0.2) is 27.1 Å². The van der Waals surface area contributed by atoms with Gasteiger partial charge in [0, 0.05) is 25.9 Å². The number of carboxylic acid groups (broad SMARTS) is 1. The van der Waals surface area contributed by atoms with Gasteiger partial charge in [-0.15, -0.1) is 0 Å². The number of halogens is 2. The minimum Gasteiger partial charge on any atom is -0.478 e. The lowest BCUT2D eigenvalue weighted by molar-refractivity contribution is 0.0699. The lowest BCUT2D eigenvalue weighted by Gasteiger charge is -2.13. The fourth-order valence-electron chi connectivity index (χ4n) is 2.88. The Morgan fingerprint density at radius 2 is 1.90 bits per heavy atom. The number of aromatic nitrogens is 1. The molecule has 0 amide bonds. The van der Waals surface area contributed by atoms with Crippen LogP contribution in [0.25, 0.3) is 10.9 Å². The summed E-state index contributed by atoms with van der Waals surface area (Å²) >= 11 is 6.89. The second-order valence-electron chi connectivity index (χ2n) is 5.16. The third kappa shape index (κ3) is 2.49. The number of hydrogen-bond acceptors (Lipinski definition) is 2. The average molecular weight is 399 g/mol. The van der Waals surface area contributed by atoms with Gasteiger partial charge in [0.05, 0.1) is 11.1 Å². The number of aromatic carboxylic acids is 1. The van der Waals surface area contributed by atoms with Crippen molar-refractivity contribution in [2.45, 2.75) is 31.6 Å². The zero-order valence-corrected chi connectivity index (χ0v) is 13.9. The van der Waals surface area contributed by atoms with Gasteiger partial charge in [0.2, 0.25) is 0 Å². The van der Waals surface area contributed by atoms with Gasteiger partial charge in [0.1, 0.15) is 0 Å². The maximum Gasteiger partial charge on any atom is 0.336 e. The van der Waals surface area contributed by atoms with E-state index in [0.717, 1.165) is 33.0 Å². The molecule has 20 heavy (non-hydrogen) atoms. The monoisotopic (exact) mass is 397 g/mol. The van der Waals surface area contributed by atoms with Crippen LogP contribution in [0.5, 0.6) is 0 Å². The maximum absolute atomic E-state index is 11.5. The Bertz CT molecular complexity index is 694. The van der Waals surface area contributed by atoms with Crippen molar-refractivity contribution in [2.24, 2.45) is 0 Å². The largest absolute Gasteiger partial charge is 0.478 e. The van der Waals surface area contributed by atoms with Gasteiger partial charge in [0.15, 0.2) is 0 Å². The van der Waals surface area contributed by atoms with E-state index in [4.69, 9.17) is 4.98 Å². The number of benzene rings is 1. The summed E-state index contributed by atoms with van der Waals surface area (Å²) in [4.78, 5) is 16.3. The Hall–Kier alpha value is -0.940. The minimum atomic E-state index is -0.901. The normalized spacial score (nSPS) is 15.9. The summed E-state index contributed by atoms with van der Waals surface area (Å²) < 4.78 is 1.67. The van der Waals surface area contributed by atoms with Crippen molar-refractivity contribution in [3.8, 4) is 0 Å². The van der Waals surface area contributed by atoms with Crippen LogP contribution in [0.4, 0.5) is 0 Å². The third-order valence-electron chi connectivity index (χ3n) is 3.86. The number of fused-ring (bicyclic) bond motifs is 1. The van der Waals surface area contributed by atoms with Crippen molar-refractivity contribution in [1.82, 2.24) is 4.98 Å². The standard InChI is InChI=1S/C15H13Br2NO2/c16-9-5-10-11(15(19)20)7-13(8-3-1-2-4-8)18-14(10)12(17)6-9/h5-8H,1-4H2,(H,19,20). The lowest BCUT2D eigenvalue weighted by atomic mass is 9.99. The van der Waals surface area contributed by atoms with Gasteiger partial charge in [-0.2, -0.15) is 0 Å². The molecule has 0 aliphatic heterocycles. The first kappa shape index (κ1) is 14.0. The first-order valence-corrected chi connectivity index (χ1v) is 8.18. The summed E-state index contributed by atoms with van der Waals surface area (Å²) in [6.45, 7) is 0. The fourth-order valence-corrected chi connectivity index (χ4v) is 4.19. The van der Waals surface area contributed by atoms with Gasteiger partial charge in [-0.25, -0.2) is 4.79 Å². The van der Waals surface area contributed by atoms with Crippen molar-refractivity contribution >= 4 is 48.7 Å². The highest BCUT2D eigenvalue weighted by atomic mass is 79.9. The second kappa shape index (κ2) is 5.45. The molecule has 0 bridgehead atoms. The molecule has 0 radical (unpaired) electrons. The molecule has 0 atom stereocenters. The topological polar surface area (TPSA) is 50.2 Å². The Labute approximate surface area is 133 Å². The maximum atomic E-state index is 11.5. The Morgan fingerprint density at radius 3 is 2.55 bits per heavy atom. The van der Waals surface area contributed by atoms with Gasteiger partial charge in [-0.3, -0.25) is 4.98 Å². The first-order chi connectivity index (χ1) is 9.56. The highest BCUT2D eigenvalue weighted by Gasteiger charge is 2.22. The molecule has 1 aromatic carbocycles. The van der Waals surface area contributed by atoms with Crippen LogP contribution in [0.3, 0.4) is 0 Å². The number of pyridine rings is 1. The van der Waals surface area contributed by atoms with E-state index in [1.807, 2.05) is 12.1 Å². The number of carboxylic acids is 1. The molecule has 3 nitrogen and oxygen atoms in total. The van der Waals surface area contributed by atoms with Crippen molar-refractivity contribution in [2.75, 3.05) is 0 Å². The molecule has 0 unspecified atom stereocenters. The number of hydrogen-bond donors (Lipinski definition) is 1. The van der Waals surface area contributed by atoms with E-state index in [9.17, 15) is 9.90 Å². The predicted molar refractivity (Wildman–Crippen MR) is 85.3 cm³/mol. The molecule has 1 heterocycles. The number of rotatable bonds is 2. The zero-order valence-electron chi connectivity index (χ0n) is 10.7. The van der Waals surface area contributed by atoms with E-state index in [1.165, 1.54) is 12.8 Å². The third-order valence-corrected chi connectivity index (χ3v) is 4.92. The second-order valence-corrected chi connectivity index (χ2v) is 6.94. The molecule has 3 rings (SSSR count). The molecule has 104 valence electrons. The van der Waals surface area contributed by atoms with Crippen LogP contribution in [0.1, 0.15) is 47.7 Å². The van der Waals surface area contributed by atoms with Crippen molar-refractivity contribution in [3.05, 3.63) is 38.4 Å². The first-order valence-electron chi connectivity index (χ1n) is 6.59. The van der Waals surface area contributed by atoms with Crippen LogP contribution in [-0.2, 0) is 0 Å². The molecule has 1 N–H and O–H groups in total. The molecule has 2 aromatic rings. The van der Waals surface area contributed by atoms with Crippen molar-refractivity contribution in [1.29, 1.82) is 0 Å². The molecule has 1 aliphatic rings. The highest BCUT2D eigenvalue weighted by molar-refractivity contribution is 9.11. The molecule has 0 saturated heterocycles. The SMILES string of the molecule is O=C(O)c1cc(C2CCCC2)nc2c(Br)cc(Br)cc12. The van der Waals surface area contributed by atoms with Crippen LogP contribution in [0.2, 0.25) is 0 Å². The average Bonchev–Trinajstić information content (AvgIpc) is 2.91. The fraction of sp³-hybridized carbons (Fsp3) is 0.333. The molecular weight excluding hydrogens is 386 g/mol. The minimum absolute atomic E-state index is 0.332. The van der Waals surface area contributed by atoms with E-state index in [0.29, 0.717) is 16.9 Å². The summed E-state index contributed by atoms with van der Waals surface area (Å²) in [5, 5.41) is 10.1. The highest BCUT2D eigenvalue weighted by Crippen LogP contribution is 2.36. The molecule has 5 heteroatoms. The van der Waals surface area contributed by atoms with Crippen LogP contribution in [0, 0.1) is 0 Å². The summed E-state index contributed by atoms with van der Waals surface area (Å²) in [6.07, 6.45) is 4.61. The van der Waals surface area contributed by atoms with E-state index in [2.05, 4.69) is 31.9 Å². The van der Waals surface area contributed by atoms with Crippen molar-refractivity contribution in [3.63, 3.8) is 0 Å². The van der Waals surface area contributed by atoms with Gasteiger partial charge in [-0.1, -0.05) is 28.8 Å². The molecule has 0 spiro atoms. The van der Waals surface area contributed by atoms with E-state index < -0.39 is 5.97 Å². The van der Waals surface area contributed by atoms with Gasteiger partial charge < -0.3 is 5.11 Å². The Morgan fingerprint density at radius 1 is 1.20 bits per heavy atom. The predicted octanol–water partition coefficient (Wildman–Crippen LogP) is 5.12. The summed E-state index contributed by atoms with van der Waals surface area (Å²) in [6, 6.07) is 5.47. The Balaban J connectivity index is 2.27. The number of carbonyl (C=O) groups is 1. The van der Waals surface area contributed by atoms with Crippen LogP contribution < -0.4 is 0 Å². The van der Waals surface area contributed by atoms with Gasteiger partial charge in [-0.05, 0) is 47.0 Å². The molecule has 1 fully saturated rings. The van der Waals surface area contributed by atoms with Gasteiger partial charge >= 0.3 is 5.97 Å². The molecule has 1 aromatic heterocycles. The summed E-state index contributed by atoms with van der Waals surface area (Å²) in [5.74, 6) is -0.505. The molecule has 1 saturated carbocycles. The molecule has 1 aliphatic carbocycles. The quantitative estimate of drug-likeness (QED) is 0.763. The van der Waals surface area contributed by atoms with Crippen LogP contribution >= 0.6 is 31.9 Å². The summed E-state index contributed by atoms with van der Waals surface area (Å²) in [7, 11) is 0. The Kier molecular flexibility index (Phi) is 3.82.